The summed E-state index contributed by atoms with van der Waals surface area (Å²) in [6, 6.07) is -0.118. The number of nitrogens with one attached hydrogen (secondary N) is 1. The molecule has 0 aromatic carbocycles. The molecule has 0 aromatic heterocycles. The molecule has 1 N–H and O–H groups in total. The fourth-order valence-electron chi connectivity index (χ4n) is 2.85. The number of carbonyl (C=O) groups excluding carboxylic acids is 2. The van der Waals surface area contributed by atoms with E-state index in [-0.39, 0.29) is 36.8 Å². The van der Waals surface area contributed by atoms with E-state index >= 15 is 0 Å². The third-order valence-corrected chi connectivity index (χ3v) is 5.06. The monoisotopic (exact) mass is 318 g/mol. The zero-order chi connectivity index (χ0) is 15.7. The quantitative estimate of drug-likeness (QED) is 0.731. The van der Waals surface area contributed by atoms with Gasteiger partial charge in [-0.3, -0.25) is 9.59 Å². The van der Waals surface area contributed by atoms with E-state index in [1.807, 2.05) is 0 Å². The minimum atomic E-state index is -3.26. The lowest BCUT2D eigenvalue weighted by Gasteiger charge is -2.41. The van der Waals surface area contributed by atoms with Crippen molar-refractivity contribution in [1.82, 2.24) is 10.2 Å². The van der Waals surface area contributed by atoms with Crippen molar-refractivity contribution >= 4 is 21.7 Å². The average molecular weight is 318 g/mol. The van der Waals surface area contributed by atoms with Crippen LogP contribution in [0.2, 0.25) is 0 Å². The number of ether oxygens (including phenoxy) is 1. The Balaban J connectivity index is 1.98. The van der Waals surface area contributed by atoms with Crippen molar-refractivity contribution in [3.05, 3.63) is 0 Å². The number of likely N-dealkylation sites (tertiary alicyclic amines) is 1. The zero-order valence-electron chi connectivity index (χ0n) is 12.4. The SMILES string of the molecule is CC(=O)N1CCC[C@@H](NC(=O)C2(CS(C)(=O)=O)COC2)C1. The maximum Gasteiger partial charge on any atom is 0.232 e. The predicted molar refractivity (Wildman–Crippen MR) is 76.4 cm³/mol. The molecule has 2 aliphatic rings. The molecule has 0 aromatic rings. The Kier molecular flexibility index (Phi) is 4.57. The number of nitrogens with zero attached hydrogens (tertiary/aromatic N) is 1. The Hall–Kier alpha value is -1.15. The van der Waals surface area contributed by atoms with Crippen LogP contribution >= 0.6 is 0 Å². The third-order valence-electron chi connectivity index (χ3n) is 3.98. The van der Waals surface area contributed by atoms with Crippen LogP contribution in [0.3, 0.4) is 0 Å². The molecule has 0 saturated carbocycles. The van der Waals surface area contributed by atoms with E-state index < -0.39 is 15.3 Å². The van der Waals surface area contributed by atoms with Crippen molar-refractivity contribution in [3.63, 3.8) is 0 Å². The lowest BCUT2D eigenvalue weighted by Crippen LogP contribution is -2.61. The number of hydrogen-bond acceptors (Lipinski definition) is 5. The summed E-state index contributed by atoms with van der Waals surface area (Å²) in [5, 5.41) is 2.89. The van der Waals surface area contributed by atoms with Crippen LogP contribution in [0.25, 0.3) is 0 Å². The van der Waals surface area contributed by atoms with Gasteiger partial charge in [0.05, 0.1) is 19.0 Å². The van der Waals surface area contributed by atoms with Crippen molar-refractivity contribution in [2.75, 3.05) is 38.3 Å². The van der Waals surface area contributed by atoms with Gasteiger partial charge in [-0.05, 0) is 12.8 Å². The molecule has 0 radical (unpaired) electrons. The van der Waals surface area contributed by atoms with Crippen LogP contribution in [-0.2, 0) is 24.2 Å². The van der Waals surface area contributed by atoms with E-state index in [0.29, 0.717) is 13.1 Å². The molecule has 120 valence electrons. The third kappa shape index (κ3) is 3.94. The number of sulfone groups is 1. The molecule has 2 amide bonds. The summed E-state index contributed by atoms with van der Waals surface area (Å²) in [6.45, 7) is 2.97. The summed E-state index contributed by atoms with van der Waals surface area (Å²) < 4.78 is 28.0. The Morgan fingerprint density at radius 3 is 2.52 bits per heavy atom. The van der Waals surface area contributed by atoms with Gasteiger partial charge in [0.15, 0.2) is 0 Å². The molecule has 2 rings (SSSR count). The van der Waals surface area contributed by atoms with Crippen LogP contribution in [0.4, 0.5) is 0 Å². The molecular formula is C13H22N2O5S. The minimum Gasteiger partial charge on any atom is -0.379 e. The van der Waals surface area contributed by atoms with Gasteiger partial charge in [-0.15, -0.1) is 0 Å². The molecule has 2 heterocycles. The molecule has 21 heavy (non-hydrogen) atoms. The fourth-order valence-corrected chi connectivity index (χ4v) is 4.15. The van der Waals surface area contributed by atoms with Gasteiger partial charge in [0.25, 0.3) is 0 Å². The second kappa shape index (κ2) is 5.92. The summed E-state index contributed by atoms with van der Waals surface area (Å²) >= 11 is 0. The number of carbonyl (C=O) groups is 2. The van der Waals surface area contributed by atoms with Crippen LogP contribution in [-0.4, -0.2) is 69.5 Å². The molecule has 2 saturated heterocycles. The second-order valence-corrected chi connectivity index (χ2v) is 8.26. The van der Waals surface area contributed by atoms with Crippen molar-refractivity contribution in [1.29, 1.82) is 0 Å². The maximum absolute atomic E-state index is 12.4. The highest BCUT2D eigenvalue weighted by atomic mass is 32.2. The molecular weight excluding hydrogens is 296 g/mol. The summed E-state index contributed by atoms with van der Waals surface area (Å²) in [6.07, 6.45) is 2.75. The van der Waals surface area contributed by atoms with E-state index in [9.17, 15) is 18.0 Å². The molecule has 2 fully saturated rings. The van der Waals surface area contributed by atoms with Crippen LogP contribution < -0.4 is 5.32 Å². The molecule has 2 aliphatic heterocycles. The second-order valence-electron chi connectivity index (χ2n) is 6.12. The largest absolute Gasteiger partial charge is 0.379 e. The van der Waals surface area contributed by atoms with E-state index in [2.05, 4.69) is 5.32 Å². The molecule has 7 nitrogen and oxygen atoms in total. The lowest BCUT2D eigenvalue weighted by molar-refractivity contribution is -0.158. The number of rotatable bonds is 4. The first-order valence-electron chi connectivity index (χ1n) is 7.04. The summed E-state index contributed by atoms with van der Waals surface area (Å²) in [5.41, 5.74) is -0.966. The standard InChI is InChI=1S/C13H22N2O5S/c1-10(16)15-5-3-4-11(6-15)14-12(17)13(7-20-8-13)9-21(2,18)19/h11H,3-9H2,1-2H3,(H,14,17)/t11-/m1/s1. The van der Waals surface area contributed by atoms with Gasteiger partial charge in [-0.1, -0.05) is 0 Å². The number of amides is 2. The normalized spacial score (nSPS) is 25.0. The summed E-state index contributed by atoms with van der Waals surface area (Å²) in [5.74, 6) is -0.490. The Bertz CT molecular complexity index is 527. The average Bonchev–Trinajstić information content (AvgIpc) is 2.33. The Morgan fingerprint density at radius 1 is 1.38 bits per heavy atom. The van der Waals surface area contributed by atoms with E-state index in [0.717, 1.165) is 19.1 Å². The van der Waals surface area contributed by atoms with Gasteiger partial charge in [0.1, 0.15) is 15.3 Å². The first-order valence-corrected chi connectivity index (χ1v) is 9.10. The molecule has 1 atom stereocenters. The van der Waals surface area contributed by atoms with Crippen molar-refractivity contribution in [2.45, 2.75) is 25.8 Å². The highest BCUT2D eigenvalue weighted by molar-refractivity contribution is 7.90. The smallest absolute Gasteiger partial charge is 0.232 e. The van der Waals surface area contributed by atoms with Gasteiger partial charge in [-0.25, -0.2) is 8.42 Å². The maximum atomic E-state index is 12.4. The topological polar surface area (TPSA) is 92.8 Å². The Labute approximate surface area is 124 Å². The van der Waals surface area contributed by atoms with E-state index in [1.54, 1.807) is 4.90 Å². The fraction of sp³-hybridized carbons (Fsp3) is 0.846. The highest BCUT2D eigenvalue weighted by Gasteiger charge is 2.48. The molecule has 0 unspecified atom stereocenters. The number of hydrogen-bond donors (Lipinski definition) is 1. The highest BCUT2D eigenvalue weighted by Crippen LogP contribution is 2.30. The van der Waals surface area contributed by atoms with Gasteiger partial charge < -0.3 is 15.0 Å². The van der Waals surface area contributed by atoms with Crippen molar-refractivity contribution < 1.29 is 22.7 Å². The molecule has 0 bridgehead atoms. The summed E-state index contributed by atoms with van der Waals surface area (Å²) in [4.78, 5) is 25.5. The van der Waals surface area contributed by atoms with Crippen molar-refractivity contribution in [2.24, 2.45) is 5.41 Å². The van der Waals surface area contributed by atoms with Gasteiger partial charge in [0.2, 0.25) is 11.8 Å². The lowest BCUT2D eigenvalue weighted by atomic mass is 9.86. The number of piperidine rings is 1. The summed E-state index contributed by atoms with van der Waals surface area (Å²) in [7, 11) is -3.26. The molecule has 8 heteroatoms. The minimum absolute atomic E-state index is 0.00762. The van der Waals surface area contributed by atoms with Crippen LogP contribution in [0.1, 0.15) is 19.8 Å². The first kappa shape index (κ1) is 16.2. The Morgan fingerprint density at radius 2 is 2.05 bits per heavy atom. The van der Waals surface area contributed by atoms with Crippen molar-refractivity contribution in [3.8, 4) is 0 Å². The van der Waals surface area contributed by atoms with Gasteiger partial charge in [-0.2, -0.15) is 0 Å². The van der Waals surface area contributed by atoms with Crippen LogP contribution in [0, 0.1) is 5.41 Å². The zero-order valence-corrected chi connectivity index (χ0v) is 13.2. The molecule has 0 spiro atoms. The van der Waals surface area contributed by atoms with E-state index in [4.69, 9.17) is 4.74 Å². The predicted octanol–water partition coefficient (Wildman–Crippen LogP) is -0.825. The van der Waals surface area contributed by atoms with Gasteiger partial charge in [0, 0.05) is 32.3 Å². The van der Waals surface area contributed by atoms with E-state index in [1.165, 1.54) is 6.92 Å². The van der Waals surface area contributed by atoms with Crippen LogP contribution in [0.15, 0.2) is 0 Å². The van der Waals surface area contributed by atoms with Gasteiger partial charge >= 0.3 is 0 Å². The molecule has 0 aliphatic carbocycles. The van der Waals surface area contributed by atoms with Crippen LogP contribution in [0.5, 0.6) is 0 Å². The first-order chi connectivity index (χ1) is 9.72.